The fraction of sp³-hybridized carbons (Fsp3) is 0.706. The molecule has 0 aromatic carbocycles. The van der Waals surface area contributed by atoms with E-state index in [0.717, 1.165) is 24.1 Å². The molecule has 3 unspecified atom stereocenters. The predicted octanol–water partition coefficient (Wildman–Crippen LogP) is 4.26. The van der Waals surface area contributed by atoms with Crippen molar-refractivity contribution in [2.24, 2.45) is 11.8 Å². The number of pyridine rings is 1. The minimum absolute atomic E-state index is 0.504. The number of aryl methyl sites for hydroxylation is 1. The smallest absolute Gasteiger partial charge is 0.0372 e. The fourth-order valence-electron chi connectivity index (χ4n) is 3.31. The van der Waals surface area contributed by atoms with Gasteiger partial charge in [0.25, 0.3) is 0 Å². The van der Waals surface area contributed by atoms with Gasteiger partial charge in [-0.3, -0.25) is 4.98 Å². The van der Waals surface area contributed by atoms with Crippen molar-refractivity contribution in [3.05, 3.63) is 29.6 Å². The molecule has 1 aliphatic rings. The van der Waals surface area contributed by atoms with Crippen LogP contribution in [0.3, 0.4) is 0 Å². The quantitative estimate of drug-likeness (QED) is 0.826. The highest BCUT2D eigenvalue weighted by Gasteiger charge is 2.30. The maximum atomic E-state index is 4.48. The first-order chi connectivity index (χ1) is 9.24. The minimum atomic E-state index is 0.504. The molecule has 1 aromatic heterocycles. The molecule has 1 N–H and O–H groups in total. The molecule has 2 rings (SSSR count). The zero-order chi connectivity index (χ0) is 13.7. The number of nitrogens with zero attached hydrogens (tertiary/aromatic N) is 1. The summed E-state index contributed by atoms with van der Waals surface area (Å²) in [5, 5.41) is 3.75. The van der Waals surface area contributed by atoms with Crippen molar-refractivity contribution in [2.75, 3.05) is 6.54 Å². The molecule has 1 heterocycles. The number of nitrogens with one attached hydrogen (secondary N) is 1. The molecule has 0 aliphatic heterocycles. The molecule has 1 saturated carbocycles. The lowest BCUT2D eigenvalue weighted by molar-refractivity contribution is 0.353. The van der Waals surface area contributed by atoms with E-state index in [-0.39, 0.29) is 0 Å². The highest BCUT2D eigenvalue weighted by Crippen LogP contribution is 2.40. The maximum absolute atomic E-state index is 4.48. The van der Waals surface area contributed by atoms with E-state index < -0.39 is 0 Å². The molecule has 0 radical (unpaired) electrons. The summed E-state index contributed by atoms with van der Waals surface area (Å²) in [6.07, 6.45) is 8.76. The molecule has 0 spiro atoms. The van der Waals surface area contributed by atoms with Crippen molar-refractivity contribution in [3.8, 4) is 0 Å². The minimum Gasteiger partial charge on any atom is -0.310 e. The normalized spacial score (nSPS) is 24.6. The Morgan fingerprint density at radius 2 is 2.16 bits per heavy atom. The van der Waals surface area contributed by atoms with Crippen LogP contribution in [-0.4, -0.2) is 11.5 Å². The molecule has 0 amide bonds. The van der Waals surface area contributed by atoms with Crippen molar-refractivity contribution in [1.82, 2.24) is 10.3 Å². The van der Waals surface area contributed by atoms with E-state index in [1.807, 2.05) is 0 Å². The second kappa shape index (κ2) is 7.04. The van der Waals surface area contributed by atoms with Crippen LogP contribution in [0.5, 0.6) is 0 Å². The predicted molar refractivity (Wildman–Crippen MR) is 81.1 cm³/mol. The molecule has 19 heavy (non-hydrogen) atoms. The fourth-order valence-corrected chi connectivity index (χ4v) is 3.31. The Hall–Kier alpha value is -0.890. The Kier molecular flexibility index (Phi) is 5.38. The van der Waals surface area contributed by atoms with E-state index in [9.17, 15) is 0 Å². The van der Waals surface area contributed by atoms with Crippen molar-refractivity contribution in [1.29, 1.82) is 0 Å². The molecule has 2 nitrogen and oxygen atoms in total. The van der Waals surface area contributed by atoms with Gasteiger partial charge in [0.2, 0.25) is 0 Å². The van der Waals surface area contributed by atoms with Crippen LogP contribution in [0.15, 0.2) is 18.3 Å². The van der Waals surface area contributed by atoms with Crippen molar-refractivity contribution >= 4 is 0 Å². The molecule has 0 bridgehead atoms. The third-order valence-corrected chi connectivity index (χ3v) is 4.54. The van der Waals surface area contributed by atoms with Crippen molar-refractivity contribution in [3.63, 3.8) is 0 Å². The lowest BCUT2D eigenvalue weighted by Gasteiger charge is -2.25. The summed E-state index contributed by atoms with van der Waals surface area (Å²) < 4.78 is 0. The molecule has 3 atom stereocenters. The first-order valence-corrected chi connectivity index (χ1v) is 7.90. The zero-order valence-electron chi connectivity index (χ0n) is 12.7. The average Bonchev–Trinajstić information content (AvgIpc) is 2.90. The van der Waals surface area contributed by atoms with Gasteiger partial charge in [-0.05, 0) is 56.2 Å². The van der Waals surface area contributed by atoms with Gasteiger partial charge in [-0.1, -0.05) is 32.8 Å². The van der Waals surface area contributed by atoms with E-state index in [1.54, 1.807) is 0 Å². The molecule has 0 saturated heterocycles. The summed E-state index contributed by atoms with van der Waals surface area (Å²) >= 11 is 0. The summed E-state index contributed by atoms with van der Waals surface area (Å²) in [7, 11) is 0. The Morgan fingerprint density at radius 3 is 2.74 bits per heavy atom. The lowest BCUT2D eigenvalue weighted by Crippen LogP contribution is -2.28. The summed E-state index contributed by atoms with van der Waals surface area (Å²) in [6.45, 7) is 7.72. The number of hydrogen-bond acceptors (Lipinski definition) is 2. The van der Waals surface area contributed by atoms with Gasteiger partial charge < -0.3 is 5.32 Å². The molecule has 1 aromatic rings. The van der Waals surface area contributed by atoms with Crippen LogP contribution in [0, 0.1) is 18.8 Å². The first-order valence-electron chi connectivity index (χ1n) is 7.90. The molecular formula is C17H28N2. The van der Waals surface area contributed by atoms with E-state index in [2.05, 4.69) is 49.4 Å². The summed E-state index contributed by atoms with van der Waals surface area (Å²) in [4.78, 5) is 4.48. The van der Waals surface area contributed by atoms with Crippen LogP contribution >= 0.6 is 0 Å². The number of aromatic nitrogens is 1. The van der Waals surface area contributed by atoms with Crippen LogP contribution in [0.2, 0.25) is 0 Å². The van der Waals surface area contributed by atoms with Gasteiger partial charge in [0, 0.05) is 17.9 Å². The zero-order valence-corrected chi connectivity index (χ0v) is 12.7. The van der Waals surface area contributed by atoms with E-state index >= 15 is 0 Å². The topological polar surface area (TPSA) is 24.9 Å². The lowest BCUT2D eigenvalue weighted by atomic mass is 9.91. The standard InChI is InChI=1S/C17H28N2/c1-4-10-18-17(15-9-7-14(5-2)11-15)16-8-6-13(3)19-12-16/h6,8,12,14-15,17-18H,4-5,7,9-11H2,1-3H3. The van der Waals surface area contributed by atoms with Crippen LogP contribution in [0.25, 0.3) is 0 Å². The van der Waals surface area contributed by atoms with E-state index in [0.29, 0.717) is 6.04 Å². The largest absolute Gasteiger partial charge is 0.310 e. The highest BCUT2D eigenvalue weighted by atomic mass is 14.9. The van der Waals surface area contributed by atoms with Gasteiger partial charge in [0.05, 0.1) is 0 Å². The number of hydrogen-bond donors (Lipinski definition) is 1. The molecule has 1 aliphatic carbocycles. The van der Waals surface area contributed by atoms with Gasteiger partial charge in [-0.2, -0.15) is 0 Å². The van der Waals surface area contributed by atoms with Gasteiger partial charge in [0.15, 0.2) is 0 Å². The molecule has 2 heteroatoms. The van der Waals surface area contributed by atoms with Crippen LogP contribution in [0.1, 0.15) is 63.3 Å². The maximum Gasteiger partial charge on any atom is 0.0372 e. The summed E-state index contributed by atoms with van der Waals surface area (Å²) in [5.41, 5.74) is 2.48. The average molecular weight is 260 g/mol. The van der Waals surface area contributed by atoms with Crippen molar-refractivity contribution in [2.45, 2.75) is 58.9 Å². The summed E-state index contributed by atoms with van der Waals surface area (Å²) in [6, 6.07) is 4.90. The van der Waals surface area contributed by atoms with E-state index in [1.165, 1.54) is 37.7 Å². The van der Waals surface area contributed by atoms with Gasteiger partial charge in [-0.15, -0.1) is 0 Å². The second-order valence-corrected chi connectivity index (χ2v) is 6.01. The molecule has 106 valence electrons. The Morgan fingerprint density at radius 1 is 1.32 bits per heavy atom. The van der Waals surface area contributed by atoms with Crippen LogP contribution < -0.4 is 5.32 Å². The summed E-state index contributed by atoms with van der Waals surface area (Å²) in [5.74, 6) is 1.73. The monoisotopic (exact) mass is 260 g/mol. The highest BCUT2D eigenvalue weighted by molar-refractivity contribution is 5.18. The van der Waals surface area contributed by atoms with Crippen LogP contribution in [0.4, 0.5) is 0 Å². The van der Waals surface area contributed by atoms with E-state index in [4.69, 9.17) is 0 Å². The van der Waals surface area contributed by atoms with Gasteiger partial charge in [-0.25, -0.2) is 0 Å². The van der Waals surface area contributed by atoms with Crippen LogP contribution in [-0.2, 0) is 0 Å². The van der Waals surface area contributed by atoms with Gasteiger partial charge in [0.1, 0.15) is 0 Å². The first kappa shape index (κ1) is 14.5. The third kappa shape index (κ3) is 3.79. The Balaban J connectivity index is 2.09. The Labute approximate surface area is 118 Å². The third-order valence-electron chi connectivity index (χ3n) is 4.54. The second-order valence-electron chi connectivity index (χ2n) is 6.01. The Bertz CT molecular complexity index is 371. The molecule has 1 fully saturated rings. The molecular weight excluding hydrogens is 232 g/mol. The van der Waals surface area contributed by atoms with Gasteiger partial charge >= 0.3 is 0 Å². The van der Waals surface area contributed by atoms with Crippen molar-refractivity contribution < 1.29 is 0 Å². The SMILES string of the molecule is CCCNC(c1ccc(C)nc1)C1CCC(CC)C1. The number of rotatable bonds is 6.